The average molecular weight is 494 g/mol. The molecule has 9 heteroatoms. The summed E-state index contributed by atoms with van der Waals surface area (Å²) < 4.78 is 0.969. The van der Waals surface area contributed by atoms with Gasteiger partial charge in [-0.05, 0) is 58.9 Å². The van der Waals surface area contributed by atoms with Crippen LogP contribution >= 0.6 is 22.6 Å². The predicted molar refractivity (Wildman–Crippen MR) is 122 cm³/mol. The number of nitrogen functional groups attached to an aromatic ring is 3. The molecule has 0 saturated carbocycles. The SMILES string of the molecule is C=C(N)/C(NOc1cc(N)c(O)c(N)c1)=C(N)\C=C(/C)c1ccc(I)c(N)c1. The topological polar surface area (TPSA) is 172 Å². The molecule has 0 bridgehead atoms. The van der Waals surface area contributed by atoms with Crippen molar-refractivity contribution in [3.05, 3.63) is 69.2 Å². The lowest BCUT2D eigenvalue weighted by molar-refractivity contribution is 0.230. The zero-order valence-corrected chi connectivity index (χ0v) is 17.4. The molecular weight excluding hydrogens is 471 g/mol. The summed E-state index contributed by atoms with van der Waals surface area (Å²) in [6, 6.07) is 8.54. The Morgan fingerprint density at radius 3 is 2.25 bits per heavy atom. The minimum atomic E-state index is -0.207. The fourth-order valence-electron chi connectivity index (χ4n) is 2.31. The molecule has 28 heavy (non-hydrogen) atoms. The van der Waals surface area contributed by atoms with E-state index in [0.29, 0.717) is 11.4 Å². The van der Waals surface area contributed by atoms with E-state index in [1.54, 1.807) is 6.08 Å². The Morgan fingerprint density at radius 1 is 1.11 bits per heavy atom. The van der Waals surface area contributed by atoms with Gasteiger partial charge < -0.3 is 38.6 Å². The molecule has 0 saturated heterocycles. The van der Waals surface area contributed by atoms with Gasteiger partial charge in [0.2, 0.25) is 0 Å². The van der Waals surface area contributed by atoms with Crippen molar-refractivity contribution >= 4 is 45.2 Å². The van der Waals surface area contributed by atoms with E-state index < -0.39 is 0 Å². The molecule has 148 valence electrons. The number of allylic oxidation sites excluding steroid dienone is 2. The Labute approximate surface area is 176 Å². The van der Waals surface area contributed by atoms with Crippen molar-refractivity contribution in [3.63, 3.8) is 0 Å². The van der Waals surface area contributed by atoms with Crippen LogP contribution < -0.4 is 39.0 Å². The second-order valence-corrected chi connectivity index (χ2v) is 7.24. The maximum absolute atomic E-state index is 9.62. The van der Waals surface area contributed by atoms with Crippen LogP contribution in [-0.2, 0) is 0 Å². The maximum Gasteiger partial charge on any atom is 0.161 e. The first-order valence-electron chi connectivity index (χ1n) is 8.09. The largest absolute Gasteiger partial charge is 0.504 e. The van der Waals surface area contributed by atoms with E-state index in [2.05, 4.69) is 34.6 Å². The van der Waals surface area contributed by atoms with Crippen molar-refractivity contribution in [3.8, 4) is 11.5 Å². The Hall–Kier alpha value is -3.21. The van der Waals surface area contributed by atoms with Gasteiger partial charge in [0, 0.05) is 21.4 Å². The van der Waals surface area contributed by atoms with Crippen LogP contribution in [0.2, 0.25) is 0 Å². The number of aromatic hydroxyl groups is 1. The van der Waals surface area contributed by atoms with Crippen molar-refractivity contribution in [1.82, 2.24) is 5.48 Å². The van der Waals surface area contributed by atoms with Crippen molar-refractivity contribution in [2.75, 3.05) is 17.2 Å². The Morgan fingerprint density at radius 2 is 1.71 bits per heavy atom. The molecular formula is C19H23IN6O2. The van der Waals surface area contributed by atoms with E-state index in [1.165, 1.54) is 12.1 Å². The maximum atomic E-state index is 9.62. The summed E-state index contributed by atoms with van der Waals surface area (Å²) in [5.74, 6) is 0.0617. The first kappa shape index (κ1) is 21.1. The number of rotatable bonds is 6. The van der Waals surface area contributed by atoms with E-state index >= 15 is 0 Å². The molecule has 8 nitrogen and oxygen atoms in total. The fourth-order valence-corrected chi connectivity index (χ4v) is 2.64. The zero-order chi connectivity index (χ0) is 21.0. The second kappa shape index (κ2) is 8.65. The van der Waals surface area contributed by atoms with Crippen LogP contribution in [0.5, 0.6) is 11.5 Å². The molecule has 0 aliphatic rings. The molecule has 2 aromatic rings. The highest BCUT2D eigenvalue weighted by Crippen LogP contribution is 2.32. The van der Waals surface area contributed by atoms with Crippen LogP contribution in [0, 0.1) is 3.57 Å². The highest BCUT2D eigenvalue weighted by atomic mass is 127. The summed E-state index contributed by atoms with van der Waals surface area (Å²) in [6.07, 6.45) is 1.73. The minimum Gasteiger partial charge on any atom is -0.504 e. The number of phenolic OH excluding ortho intramolecular Hbond substituents is 1. The minimum absolute atomic E-state index is 0.0777. The van der Waals surface area contributed by atoms with Gasteiger partial charge in [-0.1, -0.05) is 12.6 Å². The molecule has 0 fully saturated rings. The fraction of sp³-hybridized carbons (Fsp3) is 0.0526. The first-order chi connectivity index (χ1) is 13.1. The molecule has 0 aromatic heterocycles. The molecule has 0 aliphatic heterocycles. The van der Waals surface area contributed by atoms with Gasteiger partial charge in [0.1, 0.15) is 5.70 Å². The molecule has 2 aromatic carbocycles. The lowest BCUT2D eigenvalue weighted by Gasteiger charge is -2.15. The Bertz CT molecular complexity index is 961. The van der Waals surface area contributed by atoms with Crippen molar-refractivity contribution in [2.45, 2.75) is 6.92 Å². The summed E-state index contributed by atoms with van der Waals surface area (Å²) in [5, 5.41) is 9.62. The van der Waals surface area contributed by atoms with Gasteiger partial charge in [-0.15, -0.1) is 0 Å². The number of phenols is 1. The predicted octanol–water partition coefficient (Wildman–Crippen LogP) is 2.37. The van der Waals surface area contributed by atoms with Crippen LogP contribution in [-0.4, -0.2) is 5.11 Å². The molecule has 0 unspecified atom stereocenters. The zero-order valence-electron chi connectivity index (χ0n) is 15.3. The number of benzene rings is 2. The molecule has 0 amide bonds. The van der Waals surface area contributed by atoms with Gasteiger partial charge in [-0.2, -0.15) is 0 Å². The van der Waals surface area contributed by atoms with Gasteiger partial charge in [0.15, 0.2) is 11.5 Å². The molecule has 0 aliphatic carbocycles. The summed E-state index contributed by atoms with van der Waals surface area (Å²) in [6.45, 7) is 5.60. The van der Waals surface area contributed by atoms with Crippen LogP contribution in [0.3, 0.4) is 0 Å². The van der Waals surface area contributed by atoms with Gasteiger partial charge in [-0.3, -0.25) is 0 Å². The van der Waals surface area contributed by atoms with E-state index in [1.807, 2.05) is 25.1 Å². The Kier molecular flexibility index (Phi) is 6.52. The lowest BCUT2D eigenvalue weighted by Crippen LogP contribution is -2.25. The Balaban J connectivity index is 2.28. The van der Waals surface area contributed by atoms with Crippen molar-refractivity contribution in [1.29, 1.82) is 0 Å². The number of hydrogen-bond donors (Lipinski definition) is 7. The summed E-state index contributed by atoms with van der Waals surface area (Å²) >= 11 is 2.17. The summed E-state index contributed by atoms with van der Waals surface area (Å²) in [7, 11) is 0. The van der Waals surface area contributed by atoms with E-state index in [9.17, 15) is 5.11 Å². The third kappa shape index (κ3) is 4.94. The molecule has 2 rings (SSSR count). The smallest absolute Gasteiger partial charge is 0.161 e. The highest BCUT2D eigenvalue weighted by Gasteiger charge is 2.10. The summed E-state index contributed by atoms with van der Waals surface area (Å²) in [5.41, 5.74) is 35.3. The van der Waals surface area contributed by atoms with E-state index in [4.69, 9.17) is 33.5 Å². The lowest BCUT2D eigenvalue weighted by atomic mass is 10.1. The van der Waals surface area contributed by atoms with Gasteiger partial charge in [-0.25, -0.2) is 5.48 Å². The normalized spacial score (nSPS) is 12.3. The number of hydrogen-bond acceptors (Lipinski definition) is 8. The highest BCUT2D eigenvalue weighted by molar-refractivity contribution is 14.1. The van der Waals surface area contributed by atoms with E-state index in [-0.39, 0.29) is 34.3 Å². The van der Waals surface area contributed by atoms with Crippen LogP contribution in [0.1, 0.15) is 12.5 Å². The number of anilines is 3. The van der Waals surface area contributed by atoms with Crippen LogP contribution in [0.25, 0.3) is 5.57 Å². The second-order valence-electron chi connectivity index (χ2n) is 6.07. The molecule has 0 spiro atoms. The van der Waals surface area contributed by atoms with Crippen molar-refractivity contribution < 1.29 is 9.94 Å². The number of nitrogens with one attached hydrogen (secondary N) is 1. The average Bonchev–Trinajstić information content (AvgIpc) is 2.61. The number of hydroxylamine groups is 1. The third-order valence-corrected chi connectivity index (χ3v) is 4.83. The molecule has 0 heterocycles. The molecule has 12 N–H and O–H groups in total. The van der Waals surface area contributed by atoms with Gasteiger partial charge in [0.05, 0.1) is 22.8 Å². The van der Waals surface area contributed by atoms with Gasteiger partial charge in [0.25, 0.3) is 0 Å². The summed E-state index contributed by atoms with van der Waals surface area (Å²) in [4.78, 5) is 5.44. The van der Waals surface area contributed by atoms with Crippen molar-refractivity contribution in [2.24, 2.45) is 11.5 Å². The van der Waals surface area contributed by atoms with E-state index in [0.717, 1.165) is 14.7 Å². The quantitative estimate of drug-likeness (QED) is 0.105. The number of halogens is 1. The molecule has 0 radical (unpaired) electrons. The van der Waals surface area contributed by atoms with Crippen LogP contribution in [0.4, 0.5) is 17.1 Å². The monoisotopic (exact) mass is 494 g/mol. The first-order valence-corrected chi connectivity index (χ1v) is 9.17. The number of nitrogens with two attached hydrogens (primary N) is 5. The third-order valence-electron chi connectivity index (χ3n) is 3.85. The van der Waals surface area contributed by atoms with Gasteiger partial charge >= 0.3 is 0 Å². The standard InChI is InChI=1S/C19H23IN6O2/c1-9(11-3-4-13(20)14(22)6-11)5-15(23)18(10(2)21)26-28-12-7-16(24)19(27)17(25)8-12/h3-8,26-27H,2,21-25H2,1H3/b9-5+,18-15-. The molecule has 0 atom stereocenters. The van der Waals surface area contributed by atoms with Crippen LogP contribution in [0.15, 0.2) is 60.1 Å².